The first-order chi connectivity index (χ1) is 11.3. The molecule has 8 heteroatoms. The predicted octanol–water partition coefficient (Wildman–Crippen LogP) is 1.71. The van der Waals surface area contributed by atoms with Crippen molar-refractivity contribution >= 4 is 10.0 Å². The number of rotatable bonds is 7. The maximum atomic E-state index is 12.8. The van der Waals surface area contributed by atoms with Gasteiger partial charge in [-0.25, -0.2) is 13.1 Å². The van der Waals surface area contributed by atoms with Crippen molar-refractivity contribution in [3.63, 3.8) is 0 Å². The van der Waals surface area contributed by atoms with Gasteiger partial charge in [0.1, 0.15) is 16.7 Å². The number of ether oxygens (including phenoxy) is 2. The van der Waals surface area contributed by atoms with E-state index in [0.717, 1.165) is 12.0 Å². The van der Waals surface area contributed by atoms with Gasteiger partial charge in [-0.1, -0.05) is 6.92 Å². The Morgan fingerprint density at radius 2 is 2.08 bits per heavy atom. The Labute approximate surface area is 143 Å². The Hall–Kier alpha value is -1.35. The Morgan fingerprint density at radius 3 is 2.67 bits per heavy atom. The van der Waals surface area contributed by atoms with Gasteiger partial charge in [0.15, 0.2) is 0 Å². The molecule has 24 heavy (non-hydrogen) atoms. The monoisotopic (exact) mass is 358 g/mol. The molecule has 136 valence electrons. The lowest BCUT2D eigenvalue weighted by Gasteiger charge is -2.26. The van der Waals surface area contributed by atoms with Crippen LogP contribution in [-0.2, 0) is 14.9 Å². The van der Waals surface area contributed by atoms with E-state index in [-0.39, 0.29) is 12.6 Å². The zero-order valence-electron chi connectivity index (χ0n) is 14.8. The minimum Gasteiger partial charge on any atom is -0.497 e. The molecule has 1 saturated heterocycles. The molecule has 0 aliphatic carbocycles. The fourth-order valence-corrected chi connectivity index (χ4v) is 4.57. The van der Waals surface area contributed by atoms with Crippen LogP contribution >= 0.6 is 0 Å². The van der Waals surface area contributed by atoms with Crippen LogP contribution < -0.4 is 14.2 Å². The number of nitrogens with one attached hydrogen (secondary N) is 1. The van der Waals surface area contributed by atoms with E-state index in [0.29, 0.717) is 11.5 Å². The second-order valence-electron chi connectivity index (χ2n) is 5.91. The summed E-state index contributed by atoms with van der Waals surface area (Å²) in [5.41, 5.74) is 0.719. The van der Waals surface area contributed by atoms with Gasteiger partial charge in [0.25, 0.3) is 0 Å². The molecule has 3 atom stereocenters. The van der Waals surface area contributed by atoms with Crippen molar-refractivity contribution in [2.75, 3.05) is 27.9 Å². The molecule has 1 aromatic rings. The highest BCUT2D eigenvalue weighted by atomic mass is 32.2. The summed E-state index contributed by atoms with van der Waals surface area (Å²) in [5.74, 6) is 1.24. The zero-order valence-corrected chi connectivity index (χ0v) is 15.6. The molecule has 3 unspecified atom stereocenters. The topological polar surface area (TPSA) is 77.1 Å². The summed E-state index contributed by atoms with van der Waals surface area (Å²) in [5, 5.41) is 0.829. The summed E-state index contributed by atoms with van der Waals surface area (Å²) in [4.78, 5) is 5.52. The highest BCUT2D eigenvalue weighted by molar-refractivity contribution is 7.90. The lowest BCUT2D eigenvalue weighted by molar-refractivity contribution is -0.110. The van der Waals surface area contributed by atoms with Crippen molar-refractivity contribution in [3.8, 4) is 11.5 Å². The third kappa shape index (κ3) is 3.83. The van der Waals surface area contributed by atoms with E-state index in [1.54, 1.807) is 44.5 Å². The van der Waals surface area contributed by atoms with Crippen LogP contribution in [0.15, 0.2) is 18.2 Å². The smallest absolute Gasteiger partial charge is 0.219 e. The molecule has 1 aliphatic heterocycles. The molecule has 1 aromatic carbocycles. The Kier molecular flexibility index (Phi) is 6.08. The van der Waals surface area contributed by atoms with E-state index in [1.165, 1.54) is 0 Å². The summed E-state index contributed by atoms with van der Waals surface area (Å²) >= 11 is 0. The average molecular weight is 358 g/mol. The van der Waals surface area contributed by atoms with E-state index in [2.05, 4.69) is 4.72 Å². The van der Waals surface area contributed by atoms with Gasteiger partial charge in [-0.05, 0) is 31.5 Å². The maximum absolute atomic E-state index is 12.8. The van der Waals surface area contributed by atoms with Crippen LogP contribution in [0.5, 0.6) is 11.5 Å². The molecule has 0 spiro atoms. The minimum absolute atomic E-state index is 0.0906. The molecule has 0 aromatic heterocycles. The van der Waals surface area contributed by atoms with Crippen LogP contribution in [0.25, 0.3) is 0 Å². The molecule has 1 N–H and O–H groups in total. The van der Waals surface area contributed by atoms with Crippen LogP contribution in [0.4, 0.5) is 0 Å². The van der Waals surface area contributed by atoms with Gasteiger partial charge >= 0.3 is 0 Å². The fraction of sp³-hybridized carbons (Fsp3) is 0.625. The van der Waals surface area contributed by atoms with Crippen LogP contribution in [0.3, 0.4) is 0 Å². The number of hydrogen-bond acceptors (Lipinski definition) is 6. The van der Waals surface area contributed by atoms with E-state index in [1.807, 2.05) is 13.8 Å². The molecule has 0 saturated carbocycles. The molecular weight excluding hydrogens is 332 g/mol. The van der Waals surface area contributed by atoms with Crippen LogP contribution in [0.2, 0.25) is 0 Å². The summed E-state index contributed by atoms with van der Waals surface area (Å²) in [6.07, 6.45) is 0.718. The van der Waals surface area contributed by atoms with Crippen molar-refractivity contribution in [2.24, 2.45) is 0 Å². The number of benzene rings is 1. The van der Waals surface area contributed by atoms with Gasteiger partial charge in [0.05, 0.1) is 26.9 Å². The number of methoxy groups -OCH3 is 2. The van der Waals surface area contributed by atoms with Crippen LogP contribution in [0, 0.1) is 0 Å². The zero-order chi connectivity index (χ0) is 17.9. The highest BCUT2D eigenvalue weighted by Crippen LogP contribution is 2.39. The van der Waals surface area contributed by atoms with Crippen LogP contribution in [0.1, 0.15) is 31.9 Å². The van der Waals surface area contributed by atoms with Crippen molar-refractivity contribution in [3.05, 3.63) is 23.8 Å². The lowest BCUT2D eigenvalue weighted by Crippen LogP contribution is -2.43. The highest BCUT2D eigenvalue weighted by Gasteiger charge is 2.44. The molecule has 7 nitrogen and oxygen atoms in total. The first-order valence-corrected chi connectivity index (χ1v) is 9.47. The van der Waals surface area contributed by atoms with Crippen molar-refractivity contribution in [2.45, 2.75) is 37.6 Å². The van der Waals surface area contributed by atoms with Crippen LogP contribution in [-0.4, -0.2) is 52.6 Å². The molecule has 1 aliphatic rings. The molecule has 2 rings (SSSR count). The molecule has 0 amide bonds. The Balaban J connectivity index is 2.43. The van der Waals surface area contributed by atoms with Gasteiger partial charge in [-0.3, -0.25) is 4.84 Å². The van der Waals surface area contributed by atoms with Gasteiger partial charge in [0, 0.05) is 18.7 Å². The van der Waals surface area contributed by atoms with E-state index >= 15 is 0 Å². The Bertz CT molecular complexity index is 664. The first-order valence-electron chi connectivity index (χ1n) is 7.92. The molecule has 0 radical (unpaired) electrons. The number of hydrogen-bond donors (Lipinski definition) is 1. The van der Waals surface area contributed by atoms with E-state index in [4.69, 9.17) is 14.3 Å². The largest absolute Gasteiger partial charge is 0.497 e. The third-order valence-electron chi connectivity index (χ3n) is 4.32. The predicted molar refractivity (Wildman–Crippen MR) is 91.6 cm³/mol. The average Bonchev–Trinajstić information content (AvgIpc) is 2.96. The summed E-state index contributed by atoms with van der Waals surface area (Å²) in [6.45, 7) is 3.87. The normalized spacial score (nSPS) is 23.2. The minimum atomic E-state index is -3.56. The van der Waals surface area contributed by atoms with Gasteiger partial charge < -0.3 is 9.47 Å². The Morgan fingerprint density at radius 1 is 1.38 bits per heavy atom. The number of nitrogens with zero attached hydrogens (tertiary/aromatic N) is 1. The molecular formula is C16H26N2O5S. The third-order valence-corrected chi connectivity index (χ3v) is 6.24. The van der Waals surface area contributed by atoms with Gasteiger partial charge in [-0.15, -0.1) is 0 Å². The number of hydroxylamine groups is 2. The first kappa shape index (κ1) is 19.0. The molecule has 1 fully saturated rings. The lowest BCUT2D eigenvalue weighted by atomic mass is 10.0. The van der Waals surface area contributed by atoms with E-state index < -0.39 is 21.3 Å². The van der Waals surface area contributed by atoms with Crippen molar-refractivity contribution in [1.82, 2.24) is 9.79 Å². The fourth-order valence-electron chi connectivity index (χ4n) is 2.77. The standard InChI is InChI=1S/C16H26N2O5S/c1-6-11(2)17-24(19,20)15-10-23-18(3)16(15)13-9-12(21-4)7-8-14(13)22-5/h7-9,11,15-17H,6,10H2,1-5H3. The summed E-state index contributed by atoms with van der Waals surface area (Å²) < 4.78 is 39.0. The van der Waals surface area contributed by atoms with Crippen molar-refractivity contribution < 1.29 is 22.7 Å². The second-order valence-corrected chi connectivity index (χ2v) is 7.84. The van der Waals surface area contributed by atoms with Gasteiger partial charge in [-0.2, -0.15) is 5.06 Å². The SMILES string of the molecule is CCC(C)NS(=O)(=O)C1CON(C)C1c1cc(OC)ccc1OC. The van der Waals surface area contributed by atoms with E-state index in [9.17, 15) is 8.42 Å². The quantitative estimate of drug-likeness (QED) is 0.800. The second kappa shape index (κ2) is 7.69. The van der Waals surface area contributed by atoms with Crippen molar-refractivity contribution in [1.29, 1.82) is 0 Å². The summed E-state index contributed by atoms with van der Waals surface area (Å²) in [7, 11) is 1.29. The van der Waals surface area contributed by atoms with Gasteiger partial charge in [0.2, 0.25) is 10.0 Å². The maximum Gasteiger partial charge on any atom is 0.219 e. The molecule has 0 bridgehead atoms. The number of sulfonamides is 1. The summed E-state index contributed by atoms with van der Waals surface area (Å²) in [6, 6.07) is 4.72. The molecule has 1 heterocycles.